The third-order valence-corrected chi connectivity index (χ3v) is 7.65. The SMILES string of the molecule is C#C/C(CCC)=C(/C#Cc1cccs1)CCC.CCC/C(C#Cc1cccs1)=C(\C#C[Si](C)(C)C)CCC. The molecule has 0 bridgehead atoms. The van der Waals surface area contributed by atoms with Crippen LogP contribution >= 0.6 is 22.7 Å². The fourth-order valence-electron chi connectivity index (χ4n) is 3.41. The van der Waals surface area contributed by atoms with Gasteiger partial charge in [0.15, 0.2) is 0 Å². The second-order valence-electron chi connectivity index (χ2n) is 10.0. The Bertz CT molecular complexity index is 1240. The molecule has 0 saturated carbocycles. The van der Waals surface area contributed by atoms with E-state index in [1.807, 2.05) is 17.5 Å². The highest BCUT2D eigenvalue weighted by molar-refractivity contribution is 7.10. The minimum atomic E-state index is -1.34. The van der Waals surface area contributed by atoms with Crippen LogP contribution in [0.1, 0.15) is 88.8 Å². The van der Waals surface area contributed by atoms with E-state index in [1.54, 1.807) is 22.7 Å². The molecule has 2 rings (SSSR count). The predicted octanol–water partition coefficient (Wildman–Crippen LogP) is 10.5. The Morgan fingerprint density at radius 3 is 1.39 bits per heavy atom. The average molecular weight is 557 g/mol. The van der Waals surface area contributed by atoms with Crippen LogP contribution in [0.4, 0.5) is 0 Å². The second kappa shape index (κ2) is 19.4. The Balaban J connectivity index is 0.000000389. The predicted molar refractivity (Wildman–Crippen MR) is 176 cm³/mol. The van der Waals surface area contributed by atoms with Gasteiger partial charge in [-0.25, -0.2) is 0 Å². The lowest BCUT2D eigenvalue weighted by atomic mass is 10.0. The van der Waals surface area contributed by atoms with Crippen molar-refractivity contribution >= 4 is 30.7 Å². The van der Waals surface area contributed by atoms with Gasteiger partial charge in [0.2, 0.25) is 0 Å². The van der Waals surface area contributed by atoms with Crippen LogP contribution in [-0.4, -0.2) is 8.07 Å². The lowest BCUT2D eigenvalue weighted by molar-refractivity contribution is 0.880. The molecule has 2 aromatic heterocycles. The molecule has 0 nitrogen and oxygen atoms in total. The first-order valence-corrected chi connectivity index (χ1v) is 19.1. The zero-order chi connectivity index (χ0) is 28.2. The lowest BCUT2D eigenvalue weighted by Crippen LogP contribution is -2.16. The van der Waals surface area contributed by atoms with Gasteiger partial charge in [-0.3, -0.25) is 0 Å². The zero-order valence-electron chi connectivity index (χ0n) is 24.5. The fourth-order valence-corrected chi connectivity index (χ4v) is 5.08. The number of allylic oxidation sites excluding steroid dienone is 4. The number of hydrogen-bond donors (Lipinski definition) is 0. The van der Waals surface area contributed by atoms with Gasteiger partial charge < -0.3 is 0 Å². The fraction of sp³-hybridized carbons (Fsp3) is 0.429. The number of rotatable bonds is 8. The van der Waals surface area contributed by atoms with E-state index in [9.17, 15) is 0 Å². The highest BCUT2D eigenvalue weighted by Crippen LogP contribution is 2.17. The number of thiophene rings is 2. The van der Waals surface area contributed by atoms with Crippen LogP contribution in [0.15, 0.2) is 57.3 Å². The van der Waals surface area contributed by atoms with Crippen molar-refractivity contribution in [1.82, 2.24) is 0 Å². The minimum Gasteiger partial charge on any atom is -0.135 e. The summed E-state index contributed by atoms with van der Waals surface area (Å²) in [6.07, 6.45) is 14.0. The summed E-state index contributed by atoms with van der Waals surface area (Å²) in [5, 5.41) is 4.12. The van der Waals surface area contributed by atoms with Crippen molar-refractivity contribution in [2.24, 2.45) is 0 Å². The van der Waals surface area contributed by atoms with Crippen molar-refractivity contribution in [3.8, 4) is 47.5 Å². The first-order valence-electron chi connectivity index (χ1n) is 13.8. The van der Waals surface area contributed by atoms with Gasteiger partial charge in [0.25, 0.3) is 0 Å². The molecule has 0 aliphatic heterocycles. The van der Waals surface area contributed by atoms with E-state index in [4.69, 9.17) is 6.42 Å². The maximum absolute atomic E-state index is 5.57. The average Bonchev–Trinajstić information content (AvgIpc) is 3.60. The monoisotopic (exact) mass is 556 g/mol. The zero-order valence-corrected chi connectivity index (χ0v) is 27.1. The molecule has 0 atom stereocenters. The Labute approximate surface area is 243 Å². The van der Waals surface area contributed by atoms with Crippen LogP contribution < -0.4 is 0 Å². The number of terminal acetylenes is 1. The summed E-state index contributed by atoms with van der Waals surface area (Å²) in [7, 11) is -1.34. The summed E-state index contributed by atoms with van der Waals surface area (Å²) in [5.41, 5.74) is 8.25. The number of hydrogen-bond acceptors (Lipinski definition) is 2. The first kappa shape index (κ1) is 33.4. The van der Waals surface area contributed by atoms with Gasteiger partial charge in [-0.2, -0.15) is 0 Å². The summed E-state index contributed by atoms with van der Waals surface area (Å²) in [4.78, 5) is 2.24. The second-order valence-corrected chi connectivity index (χ2v) is 16.7. The molecule has 0 N–H and O–H groups in total. The van der Waals surface area contributed by atoms with Gasteiger partial charge in [-0.05, 0) is 48.6 Å². The van der Waals surface area contributed by atoms with E-state index in [0.29, 0.717) is 0 Å². The highest BCUT2D eigenvalue weighted by atomic mass is 32.1. The molecule has 0 spiro atoms. The molecule has 3 heteroatoms. The Hall–Kier alpha value is -2.66. The maximum Gasteiger partial charge on any atom is 0.129 e. The summed E-state index contributed by atoms with van der Waals surface area (Å²) in [6, 6.07) is 8.19. The van der Waals surface area contributed by atoms with Gasteiger partial charge in [0.05, 0.1) is 9.75 Å². The van der Waals surface area contributed by atoms with Crippen molar-refractivity contribution in [2.45, 2.75) is 98.7 Å². The van der Waals surface area contributed by atoms with Gasteiger partial charge in [0, 0.05) is 22.3 Å². The van der Waals surface area contributed by atoms with E-state index in [1.165, 1.54) is 11.1 Å². The topological polar surface area (TPSA) is 0 Å². The summed E-state index contributed by atoms with van der Waals surface area (Å²) in [6.45, 7) is 15.6. The highest BCUT2D eigenvalue weighted by Gasteiger charge is 2.09. The van der Waals surface area contributed by atoms with Crippen molar-refractivity contribution < 1.29 is 0 Å². The molecule has 0 aromatic carbocycles. The molecule has 2 aromatic rings. The Kier molecular flexibility index (Phi) is 17.0. The third kappa shape index (κ3) is 14.3. The van der Waals surface area contributed by atoms with Crippen LogP contribution in [0.5, 0.6) is 0 Å². The van der Waals surface area contributed by atoms with Gasteiger partial charge in [0.1, 0.15) is 8.07 Å². The summed E-state index contributed by atoms with van der Waals surface area (Å²) in [5.74, 6) is 19.4. The summed E-state index contributed by atoms with van der Waals surface area (Å²) < 4.78 is 0. The van der Waals surface area contributed by atoms with Crippen molar-refractivity contribution in [1.29, 1.82) is 0 Å². The molecule has 0 saturated heterocycles. The van der Waals surface area contributed by atoms with Crippen LogP contribution in [0.3, 0.4) is 0 Å². The Morgan fingerprint density at radius 2 is 1.05 bits per heavy atom. The van der Waals surface area contributed by atoms with E-state index >= 15 is 0 Å². The smallest absolute Gasteiger partial charge is 0.129 e. The van der Waals surface area contributed by atoms with E-state index < -0.39 is 8.07 Å². The molecule has 0 aliphatic rings. The lowest BCUT2D eigenvalue weighted by Gasteiger charge is -2.07. The maximum atomic E-state index is 5.57. The van der Waals surface area contributed by atoms with Gasteiger partial charge >= 0.3 is 0 Å². The van der Waals surface area contributed by atoms with Crippen molar-refractivity contribution in [2.75, 3.05) is 0 Å². The molecular weight excluding hydrogens is 513 g/mol. The van der Waals surface area contributed by atoms with Gasteiger partial charge in [-0.1, -0.05) is 121 Å². The molecule has 0 fully saturated rings. The molecule has 200 valence electrons. The Morgan fingerprint density at radius 1 is 0.658 bits per heavy atom. The molecular formula is C35H44S2Si. The largest absolute Gasteiger partial charge is 0.135 e. The molecule has 0 radical (unpaired) electrons. The van der Waals surface area contributed by atoms with Crippen LogP contribution in [0.25, 0.3) is 0 Å². The van der Waals surface area contributed by atoms with E-state index in [2.05, 4.69) is 106 Å². The molecule has 2 heterocycles. The van der Waals surface area contributed by atoms with E-state index in [0.717, 1.165) is 72.3 Å². The van der Waals surface area contributed by atoms with Crippen LogP contribution in [0, 0.1) is 47.5 Å². The first-order chi connectivity index (χ1) is 18.3. The van der Waals surface area contributed by atoms with Gasteiger partial charge in [-0.15, -0.1) is 34.6 Å². The van der Waals surface area contributed by atoms with Crippen LogP contribution in [0.2, 0.25) is 19.6 Å². The van der Waals surface area contributed by atoms with Crippen molar-refractivity contribution in [3.05, 3.63) is 67.1 Å². The standard InChI is InChI=1S/C19H26SSi.C16H18S/c1-6-9-17(12-13-19-11-8-15-20-19)18(10-7-2)14-16-21(3,4)5;1-4-8-14(6-3)15(9-5-2)11-12-16-10-7-13-17-16/h8,11,15H,6-7,9-10H2,1-5H3;3,7,10,13H,4-5,8-9H2,1-2H3/b18-17+;15-14-. The molecule has 0 amide bonds. The molecule has 38 heavy (non-hydrogen) atoms. The minimum absolute atomic E-state index is 0.963. The third-order valence-electron chi connectivity index (χ3n) is 5.21. The molecule has 0 unspecified atom stereocenters. The van der Waals surface area contributed by atoms with Crippen LogP contribution in [-0.2, 0) is 0 Å². The van der Waals surface area contributed by atoms with E-state index in [-0.39, 0.29) is 0 Å². The quantitative estimate of drug-likeness (QED) is 0.224. The molecule has 0 aliphatic carbocycles. The van der Waals surface area contributed by atoms with Crippen molar-refractivity contribution in [3.63, 3.8) is 0 Å². The normalized spacial score (nSPS) is 11.5. The summed E-state index contributed by atoms with van der Waals surface area (Å²) >= 11 is 3.37.